The average molecular weight is 500 g/mol. The molecule has 0 radical (unpaired) electrons. The zero-order valence-corrected chi connectivity index (χ0v) is 21.0. The number of nitrogens with one attached hydrogen (secondary N) is 1. The Balaban J connectivity index is 1.43. The largest absolute Gasteiger partial charge is 0.361 e. The quantitative estimate of drug-likeness (QED) is 0.413. The summed E-state index contributed by atoms with van der Waals surface area (Å²) >= 11 is 1.51. The lowest BCUT2D eigenvalue weighted by Gasteiger charge is -2.30. The van der Waals surface area contributed by atoms with Gasteiger partial charge in [0.25, 0.3) is 5.91 Å². The van der Waals surface area contributed by atoms with Gasteiger partial charge in [-0.05, 0) is 56.2 Å². The number of amides is 1. The van der Waals surface area contributed by atoms with E-state index in [9.17, 15) is 13.2 Å². The van der Waals surface area contributed by atoms with Crippen LogP contribution < -0.4 is 5.32 Å². The van der Waals surface area contributed by atoms with E-state index in [1.807, 2.05) is 31.2 Å². The number of aromatic nitrogens is 1. The molecule has 1 heterocycles. The van der Waals surface area contributed by atoms with E-state index in [2.05, 4.69) is 10.5 Å². The van der Waals surface area contributed by atoms with E-state index in [0.29, 0.717) is 17.0 Å². The number of anilines is 1. The molecular weight excluding hydrogens is 470 g/mol. The maximum Gasteiger partial charge on any atom is 0.256 e. The summed E-state index contributed by atoms with van der Waals surface area (Å²) in [6, 6.07) is 15.7. The van der Waals surface area contributed by atoms with Crippen molar-refractivity contribution in [1.82, 2.24) is 9.46 Å². The van der Waals surface area contributed by atoms with Crippen LogP contribution in [-0.2, 0) is 15.8 Å². The number of carbonyl (C=O) groups excluding carboxylic acids is 1. The molecule has 9 heteroatoms. The second-order valence-electron chi connectivity index (χ2n) is 8.51. The van der Waals surface area contributed by atoms with Crippen molar-refractivity contribution in [3.63, 3.8) is 0 Å². The third-order valence-corrected chi connectivity index (χ3v) is 9.09. The van der Waals surface area contributed by atoms with Crippen LogP contribution in [-0.4, -0.2) is 36.9 Å². The van der Waals surface area contributed by atoms with Gasteiger partial charge in [-0.15, -0.1) is 11.8 Å². The average Bonchev–Trinajstić information content (AvgIpc) is 3.28. The Labute approximate surface area is 205 Å². The predicted octanol–water partition coefficient (Wildman–Crippen LogP) is 5.48. The third-order valence-electron chi connectivity index (χ3n) is 6.06. The van der Waals surface area contributed by atoms with Crippen LogP contribution in [0.25, 0.3) is 0 Å². The summed E-state index contributed by atoms with van der Waals surface area (Å²) in [4.78, 5) is 14.0. The molecule has 1 amide bonds. The van der Waals surface area contributed by atoms with Crippen molar-refractivity contribution < 1.29 is 17.7 Å². The molecule has 180 valence electrons. The van der Waals surface area contributed by atoms with Gasteiger partial charge in [0.05, 0.1) is 16.2 Å². The van der Waals surface area contributed by atoms with Gasteiger partial charge in [-0.25, -0.2) is 8.42 Å². The SMILES string of the molecule is Cc1cc(CSc2ccccc2C(=O)Nc2ccc(S(=O)(=O)N(C)C3CCCCC3)cc2)no1. The maximum atomic E-state index is 13.0. The topological polar surface area (TPSA) is 92.5 Å². The molecule has 1 fully saturated rings. The fourth-order valence-electron chi connectivity index (χ4n) is 4.13. The summed E-state index contributed by atoms with van der Waals surface area (Å²) in [6.45, 7) is 1.84. The first kappa shape index (κ1) is 24.5. The van der Waals surface area contributed by atoms with Crippen molar-refractivity contribution in [1.29, 1.82) is 0 Å². The molecule has 34 heavy (non-hydrogen) atoms. The fourth-order valence-corrected chi connectivity index (χ4v) is 6.48. The molecule has 2 aromatic carbocycles. The van der Waals surface area contributed by atoms with Crippen molar-refractivity contribution in [3.8, 4) is 0 Å². The first-order valence-electron chi connectivity index (χ1n) is 11.4. The van der Waals surface area contributed by atoms with Crippen molar-refractivity contribution in [2.24, 2.45) is 0 Å². The van der Waals surface area contributed by atoms with E-state index in [4.69, 9.17) is 4.52 Å². The number of rotatable bonds is 8. The minimum atomic E-state index is -3.57. The van der Waals surface area contributed by atoms with Crippen LogP contribution in [0.5, 0.6) is 0 Å². The number of sulfonamides is 1. The van der Waals surface area contributed by atoms with Crippen LogP contribution in [0.15, 0.2) is 68.9 Å². The number of hydrogen-bond donors (Lipinski definition) is 1. The minimum Gasteiger partial charge on any atom is -0.361 e. The summed E-state index contributed by atoms with van der Waals surface area (Å²) in [6.07, 6.45) is 5.09. The lowest BCUT2D eigenvalue weighted by atomic mass is 9.96. The second kappa shape index (κ2) is 10.8. The normalized spacial score (nSPS) is 14.9. The number of nitrogens with zero attached hydrogens (tertiary/aromatic N) is 2. The van der Waals surface area contributed by atoms with Gasteiger partial charge < -0.3 is 9.84 Å². The van der Waals surface area contributed by atoms with Crippen LogP contribution in [0.1, 0.15) is 53.9 Å². The van der Waals surface area contributed by atoms with E-state index in [-0.39, 0.29) is 16.8 Å². The highest BCUT2D eigenvalue weighted by Crippen LogP contribution is 2.29. The van der Waals surface area contributed by atoms with Crippen LogP contribution in [0.3, 0.4) is 0 Å². The highest BCUT2D eigenvalue weighted by molar-refractivity contribution is 7.98. The number of benzene rings is 2. The summed E-state index contributed by atoms with van der Waals surface area (Å²) < 4.78 is 32.7. The van der Waals surface area contributed by atoms with Gasteiger partial charge in [0.2, 0.25) is 10.0 Å². The molecule has 0 atom stereocenters. The van der Waals surface area contributed by atoms with Crippen molar-refractivity contribution in [2.45, 2.75) is 60.6 Å². The number of thioether (sulfide) groups is 1. The van der Waals surface area contributed by atoms with E-state index in [1.54, 1.807) is 37.4 Å². The molecule has 7 nitrogen and oxygen atoms in total. The Hall–Kier alpha value is -2.62. The molecule has 1 saturated carbocycles. The van der Waals surface area contributed by atoms with Gasteiger partial charge in [-0.3, -0.25) is 4.79 Å². The summed E-state index contributed by atoms with van der Waals surface area (Å²) in [5.41, 5.74) is 1.89. The second-order valence-corrected chi connectivity index (χ2v) is 11.5. The minimum absolute atomic E-state index is 0.0493. The molecule has 3 aromatic rings. The molecule has 0 unspecified atom stereocenters. The molecular formula is C25H29N3O4S2. The molecule has 1 N–H and O–H groups in total. The third kappa shape index (κ3) is 5.71. The van der Waals surface area contributed by atoms with Crippen LogP contribution in [0.2, 0.25) is 0 Å². The van der Waals surface area contributed by atoms with Gasteiger partial charge in [0.15, 0.2) is 0 Å². The molecule has 0 spiro atoms. The maximum absolute atomic E-state index is 13.0. The zero-order valence-electron chi connectivity index (χ0n) is 19.4. The van der Waals surface area contributed by atoms with E-state index in [1.165, 1.54) is 22.5 Å². The van der Waals surface area contributed by atoms with E-state index in [0.717, 1.165) is 42.0 Å². The zero-order chi connectivity index (χ0) is 24.1. The smallest absolute Gasteiger partial charge is 0.256 e. The lowest BCUT2D eigenvalue weighted by molar-refractivity contribution is 0.102. The summed E-state index contributed by atoms with van der Waals surface area (Å²) in [5.74, 6) is 1.08. The molecule has 0 saturated heterocycles. The van der Waals surface area contributed by atoms with Crippen LogP contribution >= 0.6 is 11.8 Å². The molecule has 1 aliphatic rings. The highest BCUT2D eigenvalue weighted by atomic mass is 32.2. The van der Waals surface area contributed by atoms with E-state index < -0.39 is 10.0 Å². The molecule has 1 aliphatic carbocycles. The first-order chi connectivity index (χ1) is 16.3. The Morgan fingerprint density at radius 3 is 2.50 bits per heavy atom. The molecule has 4 rings (SSSR count). The van der Waals surface area contributed by atoms with Gasteiger partial charge in [-0.2, -0.15) is 4.31 Å². The number of aryl methyl sites for hydroxylation is 1. The van der Waals surface area contributed by atoms with Gasteiger partial charge in [-0.1, -0.05) is 36.6 Å². The molecule has 0 bridgehead atoms. The Kier molecular flexibility index (Phi) is 7.75. The molecule has 1 aromatic heterocycles. The van der Waals surface area contributed by atoms with Gasteiger partial charge in [0, 0.05) is 35.5 Å². The Morgan fingerprint density at radius 1 is 1.12 bits per heavy atom. The number of hydrogen-bond acceptors (Lipinski definition) is 6. The van der Waals surface area contributed by atoms with Crippen molar-refractivity contribution in [3.05, 3.63) is 71.6 Å². The standard InChI is InChI=1S/C25H29N3O4S2/c1-18-16-20(27-32-18)17-33-24-11-7-6-10-23(24)25(29)26-19-12-14-22(15-13-19)34(30,31)28(2)21-8-4-3-5-9-21/h6-7,10-16,21H,3-5,8-9,17H2,1-2H3,(H,26,29). The Morgan fingerprint density at radius 2 is 1.82 bits per heavy atom. The lowest BCUT2D eigenvalue weighted by Crippen LogP contribution is -2.38. The van der Waals surface area contributed by atoms with E-state index >= 15 is 0 Å². The number of carbonyl (C=O) groups is 1. The van der Waals surface area contributed by atoms with Crippen LogP contribution in [0.4, 0.5) is 5.69 Å². The van der Waals surface area contributed by atoms with Crippen molar-refractivity contribution in [2.75, 3.05) is 12.4 Å². The summed E-state index contributed by atoms with van der Waals surface area (Å²) in [5, 5.41) is 6.87. The fraction of sp³-hybridized carbons (Fsp3) is 0.360. The monoisotopic (exact) mass is 499 g/mol. The van der Waals surface area contributed by atoms with Crippen molar-refractivity contribution >= 4 is 33.4 Å². The predicted molar refractivity (Wildman–Crippen MR) is 133 cm³/mol. The van der Waals surface area contributed by atoms with Gasteiger partial charge in [0.1, 0.15) is 5.76 Å². The molecule has 0 aliphatic heterocycles. The highest BCUT2D eigenvalue weighted by Gasteiger charge is 2.29. The van der Waals surface area contributed by atoms with Crippen LogP contribution in [0, 0.1) is 6.92 Å². The Bertz CT molecular complexity index is 1230. The first-order valence-corrected chi connectivity index (χ1v) is 13.8. The van der Waals surface area contributed by atoms with Gasteiger partial charge >= 0.3 is 0 Å². The summed E-state index contributed by atoms with van der Waals surface area (Å²) in [7, 11) is -1.91.